The highest BCUT2D eigenvalue weighted by Crippen LogP contribution is 2.48. The third kappa shape index (κ3) is 12.2. The first-order valence-corrected chi connectivity index (χ1v) is 31.5. The molecule has 0 spiro atoms. The zero-order valence-electron chi connectivity index (χ0n) is 53.1. The van der Waals surface area contributed by atoms with Gasteiger partial charge in [-0.2, -0.15) is 0 Å². The number of hydrogen-bond donors (Lipinski definition) is 0. The van der Waals surface area contributed by atoms with E-state index in [1.165, 1.54) is 16.7 Å². The zero-order chi connectivity index (χ0) is 62.2. The number of hydrogen-bond acceptors (Lipinski definition) is 3. The summed E-state index contributed by atoms with van der Waals surface area (Å²) in [5, 5.41) is 0. The number of pyridine rings is 3. The van der Waals surface area contributed by atoms with Crippen molar-refractivity contribution in [3.63, 3.8) is 0 Å². The van der Waals surface area contributed by atoms with Crippen LogP contribution in [-0.4, -0.2) is 15.0 Å². The summed E-state index contributed by atoms with van der Waals surface area (Å²) in [7, 11) is 0. The van der Waals surface area contributed by atoms with Gasteiger partial charge in [-0.15, -0.1) is 0 Å². The van der Waals surface area contributed by atoms with Crippen molar-refractivity contribution in [1.82, 2.24) is 15.0 Å². The van der Waals surface area contributed by atoms with Crippen molar-refractivity contribution in [1.29, 1.82) is 0 Å². The van der Waals surface area contributed by atoms with Crippen LogP contribution in [0.4, 0.5) is 0 Å². The van der Waals surface area contributed by atoms with Crippen LogP contribution in [0.1, 0.15) is 79.0 Å². The molecule has 0 aliphatic heterocycles. The van der Waals surface area contributed by atoms with Gasteiger partial charge in [-0.05, 0) is 194 Å². The lowest BCUT2D eigenvalue weighted by atomic mass is 9.83. The predicted octanol–water partition coefficient (Wildman–Crippen LogP) is 23.8. The monoisotopic (exact) mass is 1160 g/mol. The first-order valence-electron chi connectivity index (χ1n) is 31.5. The molecule has 0 radical (unpaired) electrons. The molecule has 13 rings (SSSR count). The summed E-state index contributed by atoms with van der Waals surface area (Å²) >= 11 is 0. The Balaban J connectivity index is 1.04. The summed E-state index contributed by atoms with van der Waals surface area (Å²) < 4.78 is 0. The fourth-order valence-corrected chi connectivity index (χ4v) is 12.5. The van der Waals surface area contributed by atoms with Gasteiger partial charge in [0.05, 0.1) is 17.1 Å². The zero-order valence-corrected chi connectivity index (χ0v) is 53.1. The number of nitrogens with zero attached hydrogens (tertiary/aromatic N) is 3. The summed E-state index contributed by atoms with van der Waals surface area (Å²) in [4.78, 5) is 15.2. The van der Waals surface area contributed by atoms with E-state index >= 15 is 0 Å². The average molecular weight is 1160 g/mol. The summed E-state index contributed by atoms with van der Waals surface area (Å²) in [5.74, 6) is 0. The smallest absolute Gasteiger partial charge is 0.0708 e. The van der Waals surface area contributed by atoms with Crippen LogP contribution in [0.15, 0.2) is 292 Å². The maximum absolute atomic E-state index is 5.33. The second-order valence-corrected chi connectivity index (χ2v) is 26.9. The molecule has 0 unspecified atom stereocenters. The van der Waals surface area contributed by atoms with Gasteiger partial charge < -0.3 is 0 Å². The molecule has 0 amide bonds. The quantitative estimate of drug-likeness (QED) is 0.122. The summed E-state index contributed by atoms with van der Waals surface area (Å²) in [6, 6.07) is 100. The molecule has 13 aromatic rings. The van der Waals surface area contributed by atoms with Gasteiger partial charge in [0.15, 0.2) is 0 Å². The highest BCUT2D eigenvalue weighted by molar-refractivity contribution is 6.00. The minimum Gasteiger partial charge on any atom is -0.256 e. The molecule has 3 nitrogen and oxygen atoms in total. The molecule has 0 bridgehead atoms. The maximum Gasteiger partial charge on any atom is 0.0708 e. The molecule has 3 aromatic heterocycles. The Morgan fingerprint density at radius 1 is 0.189 bits per heavy atom. The van der Waals surface area contributed by atoms with Crippen molar-refractivity contribution in [3.8, 4) is 134 Å². The van der Waals surface area contributed by atoms with Crippen molar-refractivity contribution in [2.45, 2.75) is 78.6 Å². The summed E-state index contributed by atoms with van der Waals surface area (Å²) in [6.45, 7) is 20.4. The molecular weight excluding hydrogens is 1090 g/mol. The van der Waals surface area contributed by atoms with Gasteiger partial charge in [-0.1, -0.05) is 269 Å². The molecular formula is C87H75N3. The van der Waals surface area contributed by atoms with E-state index in [-0.39, 0.29) is 16.2 Å². The molecule has 0 N–H and O–H groups in total. The molecule has 10 aromatic carbocycles. The predicted molar refractivity (Wildman–Crippen MR) is 381 cm³/mol. The van der Waals surface area contributed by atoms with Crippen LogP contribution in [0.25, 0.3) is 134 Å². The average Bonchev–Trinajstić information content (AvgIpc) is 0.901. The van der Waals surface area contributed by atoms with Crippen molar-refractivity contribution < 1.29 is 0 Å². The van der Waals surface area contributed by atoms with E-state index in [4.69, 9.17) is 15.0 Å². The normalized spacial score (nSPS) is 11.8. The molecule has 3 heteroatoms. The first kappa shape index (κ1) is 58.7. The molecule has 0 saturated heterocycles. The van der Waals surface area contributed by atoms with Crippen LogP contribution in [0, 0.1) is 0 Å². The maximum atomic E-state index is 5.33. The van der Waals surface area contributed by atoms with Crippen LogP contribution in [0.2, 0.25) is 0 Å². The second-order valence-electron chi connectivity index (χ2n) is 26.9. The highest BCUT2D eigenvalue weighted by atomic mass is 14.7. The van der Waals surface area contributed by atoms with Gasteiger partial charge in [-0.3, -0.25) is 15.0 Å². The Morgan fingerprint density at radius 3 is 0.900 bits per heavy atom. The minimum atomic E-state index is -0.0241. The number of aromatic nitrogens is 3. The van der Waals surface area contributed by atoms with Crippen LogP contribution in [-0.2, 0) is 16.2 Å². The van der Waals surface area contributed by atoms with Gasteiger partial charge in [0.25, 0.3) is 0 Å². The van der Waals surface area contributed by atoms with Crippen LogP contribution in [0.5, 0.6) is 0 Å². The third-order valence-electron chi connectivity index (χ3n) is 17.6. The molecule has 3 heterocycles. The largest absolute Gasteiger partial charge is 0.256 e. The summed E-state index contributed by atoms with van der Waals surface area (Å²) in [5.41, 5.74) is 30.0. The second kappa shape index (κ2) is 24.3. The van der Waals surface area contributed by atoms with E-state index in [1.807, 2.05) is 12.4 Å². The number of rotatable bonds is 12. The Morgan fingerprint density at radius 2 is 0.500 bits per heavy atom. The molecule has 90 heavy (non-hydrogen) atoms. The molecule has 0 aliphatic carbocycles. The fraction of sp³-hybridized carbons (Fsp3) is 0.138. The lowest BCUT2D eigenvalue weighted by molar-refractivity contribution is 0.589. The van der Waals surface area contributed by atoms with Crippen LogP contribution >= 0.6 is 0 Å². The summed E-state index contributed by atoms with van der Waals surface area (Å²) in [6.07, 6.45) is 6.00. The Bertz CT molecular complexity index is 4250. The lowest BCUT2D eigenvalue weighted by Gasteiger charge is -2.21. The molecule has 0 fully saturated rings. The molecule has 438 valence electrons. The van der Waals surface area contributed by atoms with E-state index in [0.29, 0.717) is 0 Å². The van der Waals surface area contributed by atoms with Crippen molar-refractivity contribution >= 4 is 0 Å². The SMILES string of the molecule is CC(C)(C)c1cccc(-c2cc(-c3ccccc3)c(-c3ccccc3-c3cc(-c4ccccc4-c4ccc(-c5cc(C(C)(C)C)ccn5)cc4-c4ccccc4)cc(-c4ccccc4-c4ccc(-c5cc(C(C)(C)C)ccn5)cc4-c4ccccc4)c3)cn2)c1. The standard InChI is InChI=1S/C87H75N3/c1-85(2,3)67-33-25-32-61(51-67)84-56-80(60-30-17-12-18-31-60)81(57-90-84)75-39-24-21-36-72(75)66-49-64(70-34-19-22-37-73(70)76-42-40-62(52-78(76)58-26-13-10-14-27-58)82-54-68(44-46-88-82)86(4,5)6)48-65(50-66)71-35-20-23-38-74(71)77-43-41-63(53-79(77)59-28-15-11-16-29-59)83-55-69(45-47-89-83)87(7,8)9/h10-57H,1-9H3. The molecule has 0 atom stereocenters. The first-order chi connectivity index (χ1) is 43.5. The Labute approximate surface area is 532 Å². The van der Waals surface area contributed by atoms with E-state index in [1.54, 1.807) is 0 Å². The topological polar surface area (TPSA) is 38.7 Å². The van der Waals surface area contributed by atoms with Gasteiger partial charge in [0.1, 0.15) is 0 Å². The van der Waals surface area contributed by atoms with Crippen molar-refractivity contribution in [3.05, 3.63) is 308 Å². The van der Waals surface area contributed by atoms with E-state index in [9.17, 15) is 0 Å². The van der Waals surface area contributed by atoms with Crippen molar-refractivity contribution in [2.75, 3.05) is 0 Å². The van der Waals surface area contributed by atoms with Gasteiger partial charge in [0.2, 0.25) is 0 Å². The number of benzene rings is 10. The van der Waals surface area contributed by atoms with E-state index < -0.39 is 0 Å². The van der Waals surface area contributed by atoms with Gasteiger partial charge >= 0.3 is 0 Å². The Kier molecular flexibility index (Phi) is 15.8. The fourth-order valence-electron chi connectivity index (χ4n) is 12.5. The minimum absolute atomic E-state index is 0.0110. The van der Waals surface area contributed by atoms with E-state index in [2.05, 4.69) is 341 Å². The third-order valence-corrected chi connectivity index (χ3v) is 17.6. The van der Waals surface area contributed by atoms with Crippen LogP contribution < -0.4 is 0 Å². The van der Waals surface area contributed by atoms with Crippen molar-refractivity contribution in [2.24, 2.45) is 0 Å². The van der Waals surface area contributed by atoms with Crippen LogP contribution in [0.3, 0.4) is 0 Å². The molecule has 0 saturated carbocycles. The lowest BCUT2D eigenvalue weighted by Crippen LogP contribution is -2.11. The van der Waals surface area contributed by atoms with Gasteiger partial charge in [0, 0.05) is 40.8 Å². The molecule has 0 aliphatic rings. The highest BCUT2D eigenvalue weighted by Gasteiger charge is 2.24. The van der Waals surface area contributed by atoms with Gasteiger partial charge in [-0.25, -0.2) is 0 Å². The van der Waals surface area contributed by atoms with E-state index in [0.717, 1.165) is 134 Å². The Hall–Kier alpha value is -10.4.